The molecule has 1 aliphatic heterocycles. The van der Waals surface area contributed by atoms with Gasteiger partial charge in [0.1, 0.15) is 16.1 Å². The number of aliphatic hydroxyl groups is 1. The van der Waals surface area contributed by atoms with Gasteiger partial charge in [0.15, 0.2) is 0 Å². The first kappa shape index (κ1) is 31.3. The Morgan fingerprint density at radius 2 is 1.91 bits per heavy atom. The fourth-order valence-corrected chi connectivity index (χ4v) is 7.27. The highest BCUT2D eigenvalue weighted by Gasteiger charge is 2.32. The molecule has 0 fully saturated rings. The Morgan fingerprint density at radius 3 is 2.66 bits per heavy atom. The molecule has 0 aliphatic carbocycles. The van der Waals surface area contributed by atoms with E-state index in [1.165, 1.54) is 6.07 Å². The first-order valence-electron chi connectivity index (χ1n) is 14.3. The van der Waals surface area contributed by atoms with Crippen LogP contribution < -0.4 is 14.8 Å². The second-order valence-electron chi connectivity index (χ2n) is 11.1. The topological polar surface area (TPSA) is 128 Å². The molecule has 0 unspecified atom stereocenters. The van der Waals surface area contributed by atoms with Crippen LogP contribution >= 0.6 is 11.3 Å². The lowest BCUT2D eigenvalue weighted by molar-refractivity contribution is -0.134. The van der Waals surface area contributed by atoms with E-state index < -0.39 is 22.2 Å². The molecule has 3 aromatic carbocycles. The fourth-order valence-electron chi connectivity index (χ4n) is 5.23. The van der Waals surface area contributed by atoms with E-state index in [9.17, 15) is 23.1 Å². The molecule has 1 aromatic heterocycles. The quantitative estimate of drug-likeness (QED) is 0.249. The van der Waals surface area contributed by atoms with Crippen LogP contribution in [0.15, 0.2) is 82.4 Å². The molecule has 0 saturated heterocycles. The van der Waals surface area contributed by atoms with Gasteiger partial charge < -0.3 is 25.0 Å². The number of urea groups is 1. The highest BCUT2D eigenvalue weighted by molar-refractivity contribution is 7.94. The third-order valence-electron chi connectivity index (χ3n) is 7.76. The first-order chi connectivity index (χ1) is 21.1. The number of anilines is 2. The van der Waals surface area contributed by atoms with E-state index >= 15 is 0 Å². The number of benzene rings is 3. The van der Waals surface area contributed by atoms with Crippen molar-refractivity contribution < 1.29 is 27.9 Å². The molecule has 3 amide bonds. The van der Waals surface area contributed by atoms with Gasteiger partial charge in [0.05, 0.1) is 31.3 Å². The Bertz CT molecular complexity index is 1740. The van der Waals surface area contributed by atoms with Crippen LogP contribution in [0.3, 0.4) is 0 Å². The highest BCUT2D eigenvalue weighted by atomic mass is 32.2. The number of amides is 3. The molecule has 232 valence electrons. The van der Waals surface area contributed by atoms with Crippen LogP contribution in [0.2, 0.25) is 0 Å². The van der Waals surface area contributed by atoms with Crippen molar-refractivity contribution in [2.75, 3.05) is 36.8 Å². The molecular formula is C32H36N4O6S2. The predicted octanol–water partition coefficient (Wildman–Crippen LogP) is 5.02. The molecule has 1 aliphatic rings. The Morgan fingerprint density at radius 1 is 1.14 bits per heavy atom. The van der Waals surface area contributed by atoms with Crippen LogP contribution in [0.1, 0.15) is 19.4 Å². The third kappa shape index (κ3) is 6.98. The highest BCUT2D eigenvalue weighted by Crippen LogP contribution is 2.31. The molecule has 12 heteroatoms. The molecule has 5 rings (SSSR count). The Labute approximate surface area is 261 Å². The number of carbonyl (C=O) groups excluding carboxylic acids is 2. The van der Waals surface area contributed by atoms with Crippen molar-refractivity contribution in [3.05, 3.63) is 83.7 Å². The van der Waals surface area contributed by atoms with Crippen molar-refractivity contribution in [1.82, 2.24) is 9.80 Å². The number of nitrogens with one attached hydrogen (secondary N) is 2. The maximum absolute atomic E-state index is 13.5. The van der Waals surface area contributed by atoms with Crippen molar-refractivity contribution in [3.63, 3.8) is 0 Å². The minimum atomic E-state index is -3.80. The number of ether oxygens (including phenoxy) is 1. The SMILES string of the molecule is C[C@@H]1CN([C@@H](C)CO)C(=O)Cc2cc(NS(=O)(=O)c3cccs3)ccc2O[C@H]1CN(C)C(=O)Nc1cccc2ccccc12. The molecule has 0 spiro atoms. The second kappa shape index (κ2) is 13.2. The number of thiophene rings is 1. The fraction of sp³-hybridized carbons (Fsp3) is 0.312. The van der Waals surface area contributed by atoms with Gasteiger partial charge in [-0.3, -0.25) is 9.52 Å². The number of rotatable bonds is 8. The standard InChI is InChI=1S/C32H36N4O6S2/c1-21-18-36(22(2)20-37)30(38)17-24-16-25(34-44(40,41)31-12-7-15-43-31)13-14-28(24)42-29(21)19-35(3)32(39)33-27-11-6-9-23-8-4-5-10-26(23)27/h4-16,21-22,29,34,37H,17-20H2,1-3H3,(H,33,39)/t21-,22+,29+/m1/s1. The van der Waals surface area contributed by atoms with Crippen LogP contribution in [0.25, 0.3) is 10.8 Å². The summed E-state index contributed by atoms with van der Waals surface area (Å²) in [5.74, 6) is -0.0106. The van der Waals surface area contributed by atoms with Crippen molar-refractivity contribution in [1.29, 1.82) is 0 Å². The number of hydrogen-bond acceptors (Lipinski definition) is 7. The summed E-state index contributed by atoms with van der Waals surface area (Å²) in [5, 5.41) is 16.5. The number of fused-ring (bicyclic) bond motifs is 2. The summed E-state index contributed by atoms with van der Waals surface area (Å²) in [4.78, 5) is 30.0. The van der Waals surface area contributed by atoms with Crippen LogP contribution in [0.4, 0.5) is 16.2 Å². The Balaban J connectivity index is 1.41. The molecule has 4 aromatic rings. The Hall–Kier alpha value is -4.13. The minimum Gasteiger partial charge on any atom is -0.488 e. The maximum Gasteiger partial charge on any atom is 0.321 e. The number of sulfonamides is 1. The molecular weight excluding hydrogens is 601 g/mol. The van der Waals surface area contributed by atoms with Crippen LogP contribution in [0, 0.1) is 5.92 Å². The van der Waals surface area contributed by atoms with Crippen molar-refractivity contribution >= 4 is 55.4 Å². The monoisotopic (exact) mass is 636 g/mol. The van der Waals surface area contributed by atoms with Crippen LogP contribution in [-0.4, -0.2) is 74.2 Å². The summed E-state index contributed by atoms with van der Waals surface area (Å²) in [6.45, 7) is 4.01. The number of nitrogens with zero attached hydrogens (tertiary/aromatic N) is 2. The molecule has 3 N–H and O–H groups in total. The van der Waals surface area contributed by atoms with E-state index in [1.807, 2.05) is 49.4 Å². The summed E-state index contributed by atoms with van der Waals surface area (Å²) in [6, 6.07) is 20.8. The van der Waals surface area contributed by atoms with Gasteiger partial charge in [-0.05, 0) is 48.0 Å². The maximum atomic E-state index is 13.5. The number of likely N-dealkylation sites (N-methyl/N-ethyl adjacent to an activating group) is 1. The second-order valence-corrected chi connectivity index (χ2v) is 13.9. The predicted molar refractivity (Wildman–Crippen MR) is 173 cm³/mol. The lowest BCUT2D eigenvalue weighted by Crippen LogP contribution is -2.48. The van der Waals surface area contributed by atoms with Crippen molar-refractivity contribution in [3.8, 4) is 5.75 Å². The lowest BCUT2D eigenvalue weighted by Gasteiger charge is -2.34. The van der Waals surface area contributed by atoms with Crippen molar-refractivity contribution in [2.24, 2.45) is 5.92 Å². The Kier molecular flexibility index (Phi) is 9.42. The van der Waals surface area contributed by atoms with Gasteiger partial charge in [0.2, 0.25) is 5.91 Å². The van der Waals surface area contributed by atoms with Gasteiger partial charge in [-0.15, -0.1) is 11.3 Å². The van der Waals surface area contributed by atoms with E-state index in [-0.39, 0.29) is 41.6 Å². The summed E-state index contributed by atoms with van der Waals surface area (Å²) in [6.07, 6.45) is -0.574. The summed E-state index contributed by atoms with van der Waals surface area (Å²) in [7, 11) is -2.11. The zero-order valence-corrected chi connectivity index (χ0v) is 26.4. The first-order valence-corrected chi connectivity index (χ1v) is 16.7. The van der Waals surface area contributed by atoms with E-state index in [2.05, 4.69) is 10.0 Å². The van der Waals surface area contributed by atoms with E-state index in [0.29, 0.717) is 29.2 Å². The normalized spacial score (nSPS) is 17.9. The molecule has 44 heavy (non-hydrogen) atoms. The average molecular weight is 637 g/mol. The van der Waals surface area contributed by atoms with Gasteiger partial charge in [0, 0.05) is 36.1 Å². The van der Waals surface area contributed by atoms with Gasteiger partial charge in [-0.25, -0.2) is 13.2 Å². The van der Waals surface area contributed by atoms with Gasteiger partial charge in [-0.2, -0.15) is 0 Å². The summed E-state index contributed by atoms with van der Waals surface area (Å²) < 4.78 is 35.0. The van der Waals surface area contributed by atoms with E-state index in [1.54, 1.807) is 53.4 Å². The smallest absolute Gasteiger partial charge is 0.321 e. The summed E-state index contributed by atoms with van der Waals surface area (Å²) in [5.41, 5.74) is 1.49. The molecule has 0 radical (unpaired) electrons. The van der Waals surface area contributed by atoms with Crippen LogP contribution in [0.5, 0.6) is 5.75 Å². The summed E-state index contributed by atoms with van der Waals surface area (Å²) >= 11 is 1.11. The van der Waals surface area contributed by atoms with Gasteiger partial charge >= 0.3 is 6.03 Å². The molecule has 0 saturated carbocycles. The number of aliphatic hydroxyl groups excluding tert-OH is 1. The van der Waals surface area contributed by atoms with E-state index in [4.69, 9.17) is 4.74 Å². The van der Waals surface area contributed by atoms with E-state index in [0.717, 1.165) is 22.1 Å². The van der Waals surface area contributed by atoms with Gasteiger partial charge in [0.25, 0.3) is 10.0 Å². The molecule has 0 bridgehead atoms. The minimum absolute atomic E-state index is 0.0505. The molecule has 3 atom stereocenters. The average Bonchev–Trinajstić information content (AvgIpc) is 3.57. The zero-order chi connectivity index (χ0) is 31.4. The number of carbonyl (C=O) groups is 2. The lowest BCUT2D eigenvalue weighted by atomic mass is 10.0. The molecule has 2 heterocycles. The van der Waals surface area contributed by atoms with Crippen molar-refractivity contribution in [2.45, 2.75) is 36.6 Å². The third-order valence-corrected chi connectivity index (χ3v) is 10.5. The molecule has 10 nitrogen and oxygen atoms in total. The van der Waals surface area contributed by atoms with Gasteiger partial charge in [-0.1, -0.05) is 49.4 Å². The number of hydrogen-bond donors (Lipinski definition) is 3. The van der Waals surface area contributed by atoms with Crippen LogP contribution in [-0.2, 0) is 21.2 Å². The largest absolute Gasteiger partial charge is 0.488 e. The zero-order valence-electron chi connectivity index (χ0n) is 24.8.